The number of aromatic nitrogens is 2. The van der Waals surface area contributed by atoms with Crippen LogP contribution in [-0.2, 0) is 9.84 Å². The molecular weight excluding hydrogens is 224 g/mol. The first kappa shape index (κ1) is 9.84. The van der Waals surface area contributed by atoms with E-state index in [9.17, 15) is 8.42 Å². The average molecular weight is 236 g/mol. The molecule has 0 N–H and O–H groups in total. The smallest absolute Gasteiger partial charge is 0.154 e. The first-order chi connectivity index (χ1) is 7.57. The number of nitrogens with zero attached hydrogens (tertiary/aromatic N) is 2. The number of hydrogen-bond donors (Lipinski definition) is 0. The van der Waals surface area contributed by atoms with Crippen molar-refractivity contribution in [2.75, 3.05) is 11.5 Å². The molecule has 0 spiro atoms. The van der Waals surface area contributed by atoms with Gasteiger partial charge in [-0.3, -0.25) is 0 Å². The summed E-state index contributed by atoms with van der Waals surface area (Å²) in [4.78, 5) is 4.43. The third kappa shape index (κ3) is 1.35. The van der Waals surface area contributed by atoms with E-state index in [0.29, 0.717) is 0 Å². The van der Waals surface area contributed by atoms with E-state index in [1.54, 1.807) is 0 Å². The standard InChI is InChI=1S/C11H12N2O2S/c1-8-12-10-4-2-3-5-11(10)13(8)9-6-16(14,15)7-9/h2-5,9H,6-7H2,1H3. The maximum atomic E-state index is 11.2. The van der Waals surface area contributed by atoms with Crippen molar-refractivity contribution in [2.24, 2.45) is 0 Å². The zero-order valence-electron chi connectivity index (χ0n) is 8.92. The minimum absolute atomic E-state index is 0.0670. The van der Waals surface area contributed by atoms with Crippen molar-refractivity contribution < 1.29 is 8.42 Å². The molecule has 2 aromatic rings. The van der Waals surface area contributed by atoms with Crippen molar-refractivity contribution in [3.63, 3.8) is 0 Å². The van der Waals surface area contributed by atoms with Crippen LogP contribution in [-0.4, -0.2) is 29.5 Å². The lowest BCUT2D eigenvalue weighted by Crippen LogP contribution is -2.38. The Morgan fingerprint density at radius 2 is 2.00 bits per heavy atom. The summed E-state index contributed by atoms with van der Waals surface area (Å²) in [5.41, 5.74) is 1.96. The maximum Gasteiger partial charge on any atom is 0.154 e. The molecule has 0 unspecified atom stereocenters. The lowest BCUT2D eigenvalue weighted by molar-refractivity contribution is 0.508. The Bertz CT molecular complexity index is 646. The first-order valence-corrected chi connectivity index (χ1v) is 7.03. The molecule has 0 radical (unpaired) electrons. The fraction of sp³-hybridized carbons (Fsp3) is 0.364. The van der Waals surface area contributed by atoms with Gasteiger partial charge in [-0.25, -0.2) is 13.4 Å². The highest BCUT2D eigenvalue weighted by molar-refractivity contribution is 7.92. The van der Waals surface area contributed by atoms with Crippen molar-refractivity contribution in [2.45, 2.75) is 13.0 Å². The minimum atomic E-state index is -2.79. The van der Waals surface area contributed by atoms with E-state index in [2.05, 4.69) is 4.98 Å². The van der Waals surface area contributed by atoms with Gasteiger partial charge in [-0.05, 0) is 19.1 Å². The molecule has 84 valence electrons. The van der Waals surface area contributed by atoms with Crippen LogP contribution in [0.1, 0.15) is 11.9 Å². The third-order valence-electron chi connectivity index (χ3n) is 3.03. The normalized spacial score (nSPS) is 19.8. The molecule has 0 bridgehead atoms. The van der Waals surface area contributed by atoms with E-state index >= 15 is 0 Å². The zero-order chi connectivity index (χ0) is 11.3. The van der Waals surface area contributed by atoms with Gasteiger partial charge in [0, 0.05) is 0 Å². The van der Waals surface area contributed by atoms with Crippen molar-refractivity contribution in [3.05, 3.63) is 30.1 Å². The van der Waals surface area contributed by atoms with Crippen molar-refractivity contribution >= 4 is 20.9 Å². The number of aryl methyl sites for hydroxylation is 1. The molecule has 2 heterocycles. The van der Waals surface area contributed by atoms with E-state index in [1.807, 2.05) is 35.8 Å². The molecule has 1 aromatic heterocycles. The third-order valence-corrected chi connectivity index (χ3v) is 4.82. The molecule has 0 saturated carbocycles. The minimum Gasteiger partial charge on any atom is -0.323 e. The average Bonchev–Trinajstić information content (AvgIpc) is 2.50. The second kappa shape index (κ2) is 3.07. The maximum absolute atomic E-state index is 11.2. The van der Waals surface area contributed by atoms with E-state index in [0.717, 1.165) is 16.9 Å². The van der Waals surface area contributed by atoms with Crippen LogP contribution >= 0.6 is 0 Å². The Morgan fingerprint density at radius 3 is 2.69 bits per heavy atom. The highest BCUT2D eigenvalue weighted by atomic mass is 32.2. The van der Waals surface area contributed by atoms with Gasteiger partial charge in [0.2, 0.25) is 0 Å². The van der Waals surface area contributed by atoms with Crippen LogP contribution in [0.15, 0.2) is 24.3 Å². The molecular formula is C11H12N2O2S. The van der Waals surface area contributed by atoms with Gasteiger partial charge in [0.15, 0.2) is 9.84 Å². The Kier molecular flexibility index (Phi) is 1.89. The predicted octanol–water partition coefficient (Wildman–Crippen LogP) is 1.31. The second-order valence-electron chi connectivity index (χ2n) is 4.25. The molecule has 1 aromatic carbocycles. The van der Waals surface area contributed by atoms with E-state index in [1.165, 1.54) is 0 Å². The molecule has 0 aliphatic carbocycles. The summed E-state index contributed by atoms with van der Waals surface area (Å²) in [5.74, 6) is 1.38. The predicted molar refractivity (Wildman–Crippen MR) is 62.2 cm³/mol. The van der Waals surface area contributed by atoms with Crippen LogP contribution < -0.4 is 0 Å². The summed E-state index contributed by atoms with van der Waals surface area (Å²) >= 11 is 0. The quantitative estimate of drug-likeness (QED) is 0.750. The van der Waals surface area contributed by atoms with Crippen LogP contribution in [0.4, 0.5) is 0 Å². The number of hydrogen-bond acceptors (Lipinski definition) is 3. The summed E-state index contributed by atoms with van der Waals surface area (Å²) in [6.45, 7) is 1.92. The van der Waals surface area contributed by atoms with Crippen molar-refractivity contribution in [1.82, 2.24) is 9.55 Å². The summed E-state index contributed by atoms with van der Waals surface area (Å²) < 4.78 is 24.5. The Hall–Kier alpha value is -1.36. The molecule has 5 heteroatoms. The SMILES string of the molecule is Cc1nc2ccccc2n1C1CS(=O)(=O)C1. The van der Waals surface area contributed by atoms with E-state index < -0.39 is 9.84 Å². The van der Waals surface area contributed by atoms with Crippen LogP contribution in [0.3, 0.4) is 0 Å². The van der Waals surface area contributed by atoms with Gasteiger partial charge in [-0.15, -0.1) is 0 Å². The van der Waals surface area contributed by atoms with Crippen LogP contribution in [0.25, 0.3) is 11.0 Å². The molecule has 1 saturated heterocycles. The van der Waals surface area contributed by atoms with Gasteiger partial charge in [0.05, 0.1) is 28.6 Å². The van der Waals surface area contributed by atoms with Crippen LogP contribution in [0, 0.1) is 6.92 Å². The summed E-state index contributed by atoms with van der Waals surface area (Å²) in [6, 6.07) is 7.90. The molecule has 4 nitrogen and oxygen atoms in total. The van der Waals surface area contributed by atoms with Gasteiger partial charge in [-0.2, -0.15) is 0 Å². The highest BCUT2D eigenvalue weighted by Gasteiger charge is 2.36. The van der Waals surface area contributed by atoms with Crippen LogP contribution in [0.2, 0.25) is 0 Å². The lowest BCUT2D eigenvalue weighted by Gasteiger charge is -2.28. The number of rotatable bonds is 1. The van der Waals surface area contributed by atoms with Gasteiger partial charge in [-0.1, -0.05) is 12.1 Å². The molecule has 3 rings (SSSR count). The van der Waals surface area contributed by atoms with Gasteiger partial charge in [0.1, 0.15) is 5.82 Å². The molecule has 0 amide bonds. The summed E-state index contributed by atoms with van der Waals surface area (Å²) in [7, 11) is -2.79. The number of benzene rings is 1. The van der Waals surface area contributed by atoms with E-state index in [-0.39, 0.29) is 17.5 Å². The molecule has 1 aliphatic heterocycles. The lowest BCUT2D eigenvalue weighted by atomic mass is 10.3. The second-order valence-corrected chi connectivity index (χ2v) is 6.40. The fourth-order valence-corrected chi connectivity index (χ4v) is 3.69. The number of para-hydroxylation sites is 2. The van der Waals surface area contributed by atoms with Gasteiger partial charge >= 0.3 is 0 Å². The summed E-state index contributed by atoms with van der Waals surface area (Å²) in [6.07, 6.45) is 0. The summed E-state index contributed by atoms with van der Waals surface area (Å²) in [5, 5.41) is 0. The van der Waals surface area contributed by atoms with E-state index in [4.69, 9.17) is 0 Å². The number of sulfone groups is 1. The highest BCUT2D eigenvalue weighted by Crippen LogP contribution is 2.29. The Balaban J connectivity index is 2.13. The zero-order valence-corrected chi connectivity index (χ0v) is 9.74. The Labute approximate surface area is 93.8 Å². The molecule has 1 aliphatic rings. The van der Waals surface area contributed by atoms with Crippen LogP contribution in [0.5, 0.6) is 0 Å². The van der Waals surface area contributed by atoms with Gasteiger partial charge < -0.3 is 4.57 Å². The topological polar surface area (TPSA) is 52.0 Å². The Morgan fingerprint density at radius 1 is 1.31 bits per heavy atom. The van der Waals surface area contributed by atoms with Crippen molar-refractivity contribution in [1.29, 1.82) is 0 Å². The van der Waals surface area contributed by atoms with Gasteiger partial charge in [0.25, 0.3) is 0 Å². The largest absolute Gasteiger partial charge is 0.323 e. The molecule has 16 heavy (non-hydrogen) atoms. The number of fused-ring (bicyclic) bond motifs is 1. The molecule has 1 fully saturated rings. The molecule has 0 atom stereocenters. The monoisotopic (exact) mass is 236 g/mol. The number of imidazole rings is 1. The van der Waals surface area contributed by atoms with Crippen molar-refractivity contribution in [3.8, 4) is 0 Å². The fourth-order valence-electron chi connectivity index (χ4n) is 2.31. The first-order valence-electron chi connectivity index (χ1n) is 5.21.